The first-order chi connectivity index (χ1) is 14.7. The maximum absolute atomic E-state index is 5.80. The molecular weight excluding hydrogens is 374 g/mol. The number of nitrogens with one attached hydrogen (secondary N) is 2. The summed E-state index contributed by atoms with van der Waals surface area (Å²) in [5, 5.41) is 11.9. The maximum Gasteiger partial charge on any atom is 0.167 e. The third-order valence-corrected chi connectivity index (χ3v) is 6.53. The summed E-state index contributed by atoms with van der Waals surface area (Å²) in [7, 11) is 0. The van der Waals surface area contributed by atoms with Crippen LogP contribution in [0.25, 0.3) is 16.8 Å². The first-order valence-electron chi connectivity index (χ1n) is 11.3. The number of fused-ring (bicyclic) bond motifs is 1. The lowest BCUT2D eigenvalue weighted by atomic mass is 10.0. The average molecular weight is 406 g/mol. The Labute approximate surface area is 178 Å². The van der Waals surface area contributed by atoms with Gasteiger partial charge in [-0.25, -0.2) is 4.98 Å². The minimum absolute atomic E-state index is 0.272. The number of aryl methyl sites for hydroxylation is 2. The fraction of sp³-hybridized carbons (Fsp3) is 0.500. The Bertz CT molecular complexity index is 1030. The molecule has 1 aliphatic heterocycles. The molecule has 3 heterocycles. The predicted octanol–water partition coefficient (Wildman–Crippen LogP) is 4.96. The van der Waals surface area contributed by atoms with Gasteiger partial charge in [0, 0.05) is 30.8 Å². The van der Waals surface area contributed by atoms with Crippen molar-refractivity contribution >= 4 is 17.3 Å². The van der Waals surface area contributed by atoms with E-state index in [2.05, 4.69) is 53.8 Å². The van der Waals surface area contributed by atoms with Gasteiger partial charge in [-0.1, -0.05) is 31.0 Å². The van der Waals surface area contributed by atoms with Gasteiger partial charge in [-0.3, -0.25) is 0 Å². The highest BCUT2D eigenvalue weighted by Crippen LogP contribution is 2.30. The minimum atomic E-state index is 0.272. The van der Waals surface area contributed by atoms with Crippen LogP contribution < -0.4 is 10.6 Å². The van der Waals surface area contributed by atoms with Crippen molar-refractivity contribution in [1.29, 1.82) is 0 Å². The summed E-state index contributed by atoms with van der Waals surface area (Å²) in [6.07, 6.45) is 9.49. The fourth-order valence-electron chi connectivity index (χ4n) is 4.58. The van der Waals surface area contributed by atoms with E-state index in [4.69, 9.17) is 9.72 Å². The van der Waals surface area contributed by atoms with Crippen molar-refractivity contribution in [3.05, 3.63) is 41.6 Å². The number of rotatable bonds is 6. The lowest BCUT2D eigenvalue weighted by Gasteiger charge is -2.17. The molecule has 2 fully saturated rings. The third kappa shape index (κ3) is 3.88. The number of ether oxygens (including phenoxy) is 1. The number of hydrogen-bond acceptors (Lipinski definition) is 5. The fourth-order valence-corrected chi connectivity index (χ4v) is 4.58. The van der Waals surface area contributed by atoms with Gasteiger partial charge in [0.1, 0.15) is 11.6 Å². The molecule has 0 bridgehead atoms. The highest BCUT2D eigenvalue weighted by molar-refractivity contribution is 5.80. The van der Waals surface area contributed by atoms with E-state index in [9.17, 15) is 0 Å². The topological polar surface area (TPSA) is 63.5 Å². The SMILES string of the molecule is Cc1ccc(-c2cnn3c(NCC4CCCO4)cc(NC4CCCC4)nc23)cc1C. The molecule has 6 nitrogen and oxygen atoms in total. The van der Waals surface area contributed by atoms with Crippen molar-refractivity contribution in [2.24, 2.45) is 0 Å². The molecule has 1 atom stereocenters. The number of anilines is 2. The summed E-state index contributed by atoms with van der Waals surface area (Å²) in [4.78, 5) is 4.99. The van der Waals surface area contributed by atoms with Gasteiger partial charge in [0.2, 0.25) is 0 Å². The molecule has 5 rings (SSSR count). The van der Waals surface area contributed by atoms with E-state index in [1.807, 2.05) is 10.7 Å². The number of hydrogen-bond donors (Lipinski definition) is 2. The lowest BCUT2D eigenvalue weighted by Crippen LogP contribution is -2.21. The molecule has 2 aromatic heterocycles. The summed E-state index contributed by atoms with van der Waals surface area (Å²) in [6, 6.07) is 9.17. The summed E-state index contributed by atoms with van der Waals surface area (Å²) >= 11 is 0. The molecule has 30 heavy (non-hydrogen) atoms. The second-order valence-corrected chi connectivity index (χ2v) is 8.76. The van der Waals surface area contributed by atoms with Crippen LogP contribution in [-0.2, 0) is 4.74 Å². The largest absolute Gasteiger partial charge is 0.376 e. The number of nitrogens with zero attached hydrogens (tertiary/aromatic N) is 3. The molecule has 1 aromatic carbocycles. The van der Waals surface area contributed by atoms with Gasteiger partial charge in [0.15, 0.2) is 5.65 Å². The number of benzene rings is 1. The smallest absolute Gasteiger partial charge is 0.167 e. The molecule has 0 amide bonds. The molecule has 1 aliphatic carbocycles. The zero-order valence-electron chi connectivity index (χ0n) is 17.9. The lowest BCUT2D eigenvalue weighted by molar-refractivity contribution is 0.120. The summed E-state index contributed by atoms with van der Waals surface area (Å²) in [5.41, 5.74) is 5.68. The quantitative estimate of drug-likeness (QED) is 0.607. The van der Waals surface area contributed by atoms with Crippen LogP contribution in [0.15, 0.2) is 30.5 Å². The van der Waals surface area contributed by atoms with Gasteiger partial charge < -0.3 is 15.4 Å². The van der Waals surface area contributed by atoms with Gasteiger partial charge in [-0.05, 0) is 56.2 Å². The van der Waals surface area contributed by atoms with E-state index in [0.29, 0.717) is 6.04 Å². The molecule has 1 saturated heterocycles. The monoisotopic (exact) mass is 405 g/mol. The highest BCUT2D eigenvalue weighted by atomic mass is 16.5. The molecule has 1 saturated carbocycles. The molecule has 3 aromatic rings. The highest BCUT2D eigenvalue weighted by Gasteiger charge is 2.20. The van der Waals surface area contributed by atoms with E-state index in [-0.39, 0.29) is 6.10 Å². The molecule has 2 N–H and O–H groups in total. The average Bonchev–Trinajstić information content (AvgIpc) is 3.50. The van der Waals surface area contributed by atoms with E-state index in [1.165, 1.54) is 36.8 Å². The maximum atomic E-state index is 5.80. The zero-order chi connectivity index (χ0) is 20.5. The van der Waals surface area contributed by atoms with Crippen LogP contribution in [0.1, 0.15) is 49.7 Å². The summed E-state index contributed by atoms with van der Waals surface area (Å²) < 4.78 is 7.73. The number of aromatic nitrogens is 3. The van der Waals surface area contributed by atoms with Gasteiger partial charge in [-0.15, -0.1) is 0 Å². The van der Waals surface area contributed by atoms with Crippen molar-refractivity contribution in [2.75, 3.05) is 23.8 Å². The molecule has 1 unspecified atom stereocenters. The van der Waals surface area contributed by atoms with Crippen molar-refractivity contribution in [1.82, 2.24) is 14.6 Å². The first-order valence-corrected chi connectivity index (χ1v) is 11.3. The van der Waals surface area contributed by atoms with Crippen LogP contribution in [0.5, 0.6) is 0 Å². The van der Waals surface area contributed by atoms with Crippen LogP contribution in [0.2, 0.25) is 0 Å². The van der Waals surface area contributed by atoms with E-state index in [0.717, 1.165) is 54.4 Å². The van der Waals surface area contributed by atoms with E-state index < -0.39 is 0 Å². The normalized spacial score (nSPS) is 19.6. The Morgan fingerprint density at radius 3 is 2.70 bits per heavy atom. The van der Waals surface area contributed by atoms with E-state index in [1.54, 1.807) is 0 Å². The summed E-state index contributed by atoms with van der Waals surface area (Å²) in [6.45, 7) is 5.95. The standard InChI is InChI=1S/C24H31N5O/c1-16-9-10-18(12-17(16)2)21-15-26-29-23(25-14-20-8-5-11-30-20)13-22(28-24(21)29)27-19-6-3-4-7-19/h9-10,12-13,15,19-20,25H,3-8,11,14H2,1-2H3,(H,27,28). The van der Waals surface area contributed by atoms with Crippen molar-refractivity contribution in [3.63, 3.8) is 0 Å². The Morgan fingerprint density at radius 1 is 1.07 bits per heavy atom. The van der Waals surface area contributed by atoms with Crippen LogP contribution in [-0.4, -0.2) is 39.9 Å². The van der Waals surface area contributed by atoms with Crippen LogP contribution in [0, 0.1) is 13.8 Å². The molecule has 158 valence electrons. The Hall–Kier alpha value is -2.60. The molecular formula is C24H31N5O. The first kappa shape index (κ1) is 19.4. The summed E-state index contributed by atoms with van der Waals surface area (Å²) in [5.74, 6) is 1.89. The van der Waals surface area contributed by atoms with Crippen molar-refractivity contribution in [3.8, 4) is 11.1 Å². The minimum Gasteiger partial charge on any atom is -0.376 e. The molecule has 0 radical (unpaired) electrons. The van der Waals surface area contributed by atoms with Crippen LogP contribution >= 0.6 is 0 Å². The van der Waals surface area contributed by atoms with Crippen LogP contribution in [0.4, 0.5) is 11.6 Å². The second-order valence-electron chi connectivity index (χ2n) is 8.76. The van der Waals surface area contributed by atoms with Crippen LogP contribution in [0.3, 0.4) is 0 Å². The van der Waals surface area contributed by atoms with Crippen molar-refractivity contribution in [2.45, 2.75) is 64.5 Å². The van der Waals surface area contributed by atoms with E-state index >= 15 is 0 Å². The van der Waals surface area contributed by atoms with Gasteiger partial charge in [0.05, 0.1) is 12.3 Å². The second kappa shape index (κ2) is 8.26. The Morgan fingerprint density at radius 2 is 1.93 bits per heavy atom. The third-order valence-electron chi connectivity index (χ3n) is 6.53. The molecule has 6 heteroatoms. The van der Waals surface area contributed by atoms with Gasteiger partial charge in [-0.2, -0.15) is 9.61 Å². The molecule has 0 spiro atoms. The van der Waals surface area contributed by atoms with Gasteiger partial charge in [0.25, 0.3) is 0 Å². The van der Waals surface area contributed by atoms with Gasteiger partial charge >= 0.3 is 0 Å². The Balaban J connectivity index is 1.52. The zero-order valence-corrected chi connectivity index (χ0v) is 17.9. The van der Waals surface area contributed by atoms with Crippen molar-refractivity contribution < 1.29 is 4.74 Å². The predicted molar refractivity (Wildman–Crippen MR) is 121 cm³/mol. The molecule has 2 aliphatic rings. The Kier molecular flexibility index (Phi) is 5.34.